The molecule has 1 aromatic heterocycles. The number of benzene rings is 1. The molecule has 0 spiro atoms. The second kappa shape index (κ2) is 6.06. The average Bonchev–Trinajstić information content (AvgIpc) is 2.89. The van der Waals surface area contributed by atoms with Crippen LogP contribution in [0.15, 0.2) is 29.6 Å². The van der Waals surface area contributed by atoms with Crippen LogP contribution in [-0.4, -0.2) is 18.1 Å². The second-order valence-corrected chi connectivity index (χ2v) is 6.70. The fourth-order valence-corrected chi connectivity index (χ4v) is 4.09. The van der Waals surface area contributed by atoms with Crippen LogP contribution in [0.2, 0.25) is 0 Å². The van der Waals surface area contributed by atoms with Crippen molar-refractivity contribution in [1.29, 1.82) is 0 Å². The third-order valence-electron chi connectivity index (χ3n) is 4.39. The molecule has 2 aromatic rings. The summed E-state index contributed by atoms with van der Waals surface area (Å²) in [6.07, 6.45) is 4.76. The standard InChI is InChI=1S/C17H22N2S/c1-12-11-20-17(19-12)10-16(18-2)15-8-7-13-5-3-4-6-14(13)9-15/h3-6,11,15-16,18H,7-10H2,1-2H3. The van der Waals surface area contributed by atoms with Crippen molar-refractivity contribution in [2.24, 2.45) is 5.92 Å². The van der Waals surface area contributed by atoms with Gasteiger partial charge in [-0.2, -0.15) is 0 Å². The molecule has 2 nitrogen and oxygen atoms in total. The Morgan fingerprint density at radius 3 is 2.85 bits per heavy atom. The lowest BCUT2D eigenvalue weighted by Crippen LogP contribution is -2.38. The number of hydrogen-bond acceptors (Lipinski definition) is 3. The zero-order chi connectivity index (χ0) is 13.9. The van der Waals surface area contributed by atoms with Gasteiger partial charge in [0.2, 0.25) is 0 Å². The van der Waals surface area contributed by atoms with Crippen molar-refractivity contribution in [3.63, 3.8) is 0 Å². The fourth-order valence-electron chi connectivity index (χ4n) is 3.26. The Labute approximate surface area is 125 Å². The van der Waals surface area contributed by atoms with E-state index in [-0.39, 0.29) is 0 Å². The highest BCUT2D eigenvalue weighted by molar-refractivity contribution is 7.09. The van der Waals surface area contributed by atoms with E-state index in [9.17, 15) is 0 Å². The molecule has 106 valence electrons. The predicted octanol–water partition coefficient (Wildman–Crippen LogP) is 3.39. The number of fused-ring (bicyclic) bond motifs is 1. The van der Waals surface area contributed by atoms with Crippen LogP contribution in [0.3, 0.4) is 0 Å². The Kier molecular flexibility index (Phi) is 4.18. The normalized spacial score (nSPS) is 19.6. The van der Waals surface area contributed by atoms with Gasteiger partial charge in [-0.15, -0.1) is 11.3 Å². The SMILES string of the molecule is CNC(Cc1nc(C)cs1)C1CCc2ccccc2C1. The maximum atomic E-state index is 4.62. The van der Waals surface area contributed by atoms with Crippen LogP contribution in [0, 0.1) is 12.8 Å². The molecule has 1 aromatic carbocycles. The minimum atomic E-state index is 0.536. The lowest BCUT2D eigenvalue weighted by atomic mass is 9.79. The number of rotatable bonds is 4. The van der Waals surface area contributed by atoms with Crippen LogP contribution >= 0.6 is 11.3 Å². The lowest BCUT2D eigenvalue weighted by molar-refractivity contribution is 0.333. The maximum Gasteiger partial charge on any atom is 0.0943 e. The van der Waals surface area contributed by atoms with Crippen molar-refractivity contribution in [2.45, 2.75) is 38.6 Å². The molecule has 0 bridgehead atoms. The molecule has 1 heterocycles. The van der Waals surface area contributed by atoms with Gasteiger partial charge in [0.05, 0.1) is 5.01 Å². The molecule has 2 atom stereocenters. The first-order chi connectivity index (χ1) is 9.76. The van der Waals surface area contributed by atoms with E-state index >= 15 is 0 Å². The number of aromatic nitrogens is 1. The van der Waals surface area contributed by atoms with Crippen LogP contribution in [0.5, 0.6) is 0 Å². The molecule has 0 radical (unpaired) electrons. The van der Waals surface area contributed by atoms with E-state index in [1.807, 2.05) is 0 Å². The highest BCUT2D eigenvalue weighted by atomic mass is 32.1. The van der Waals surface area contributed by atoms with Crippen LogP contribution in [0.4, 0.5) is 0 Å². The van der Waals surface area contributed by atoms with Crippen molar-refractivity contribution in [2.75, 3.05) is 7.05 Å². The summed E-state index contributed by atoms with van der Waals surface area (Å²) in [5.41, 5.74) is 4.23. The van der Waals surface area contributed by atoms with Crippen molar-refractivity contribution < 1.29 is 0 Å². The summed E-state index contributed by atoms with van der Waals surface area (Å²) in [4.78, 5) is 4.62. The van der Waals surface area contributed by atoms with Crippen molar-refractivity contribution in [1.82, 2.24) is 10.3 Å². The van der Waals surface area contributed by atoms with Crippen LogP contribution in [0.1, 0.15) is 28.2 Å². The van der Waals surface area contributed by atoms with Gasteiger partial charge in [0, 0.05) is 23.5 Å². The highest BCUT2D eigenvalue weighted by Crippen LogP contribution is 2.29. The number of likely N-dealkylation sites (N-methyl/N-ethyl adjacent to an activating group) is 1. The largest absolute Gasteiger partial charge is 0.316 e. The highest BCUT2D eigenvalue weighted by Gasteiger charge is 2.25. The molecule has 0 amide bonds. The van der Waals surface area contributed by atoms with Gasteiger partial charge in [0.1, 0.15) is 0 Å². The molecule has 0 saturated carbocycles. The molecule has 1 aliphatic carbocycles. The number of aryl methyl sites for hydroxylation is 2. The van der Waals surface area contributed by atoms with E-state index in [0.29, 0.717) is 6.04 Å². The Balaban J connectivity index is 1.71. The molecule has 1 N–H and O–H groups in total. The maximum absolute atomic E-state index is 4.62. The first-order valence-electron chi connectivity index (χ1n) is 7.41. The van der Waals surface area contributed by atoms with E-state index in [1.54, 1.807) is 22.5 Å². The Morgan fingerprint density at radius 1 is 1.35 bits per heavy atom. The summed E-state index contributed by atoms with van der Waals surface area (Å²) in [6, 6.07) is 9.44. The third kappa shape index (κ3) is 2.94. The van der Waals surface area contributed by atoms with Gasteiger partial charge in [0.15, 0.2) is 0 Å². The van der Waals surface area contributed by atoms with Crippen LogP contribution in [-0.2, 0) is 19.3 Å². The van der Waals surface area contributed by atoms with Crippen LogP contribution < -0.4 is 5.32 Å². The summed E-state index contributed by atoms with van der Waals surface area (Å²) in [7, 11) is 2.09. The second-order valence-electron chi connectivity index (χ2n) is 5.75. The zero-order valence-electron chi connectivity index (χ0n) is 12.2. The molecule has 0 saturated heterocycles. The lowest BCUT2D eigenvalue weighted by Gasteiger charge is -2.31. The van der Waals surface area contributed by atoms with Crippen molar-refractivity contribution >= 4 is 11.3 Å². The van der Waals surface area contributed by atoms with Gasteiger partial charge in [0.25, 0.3) is 0 Å². The summed E-state index contributed by atoms with van der Waals surface area (Å²) >= 11 is 1.79. The molecule has 3 heteroatoms. The smallest absolute Gasteiger partial charge is 0.0943 e. The number of nitrogens with zero attached hydrogens (tertiary/aromatic N) is 1. The third-order valence-corrected chi connectivity index (χ3v) is 5.37. The first kappa shape index (κ1) is 13.8. The van der Waals surface area contributed by atoms with Gasteiger partial charge in [-0.05, 0) is 50.3 Å². The van der Waals surface area contributed by atoms with Gasteiger partial charge < -0.3 is 5.32 Å². The van der Waals surface area contributed by atoms with Crippen molar-refractivity contribution in [3.8, 4) is 0 Å². The van der Waals surface area contributed by atoms with E-state index in [0.717, 1.165) is 18.0 Å². The molecular weight excluding hydrogens is 264 g/mol. The Hall–Kier alpha value is -1.19. The molecule has 20 heavy (non-hydrogen) atoms. The van der Waals surface area contributed by atoms with E-state index < -0.39 is 0 Å². The topological polar surface area (TPSA) is 24.9 Å². The van der Waals surface area contributed by atoms with Gasteiger partial charge in [-0.1, -0.05) is 24.3 Å². The zero-order valence-corrected chi connectivity index (χ0v) is 13.0. The number of hydrogen-bond donors (Lipinski definition) is 1. The molecule has 0 aliphatic heterocycles. The molecular formula is C17H22N2S. The minimum absolute atomic E-state index is 0.536. The van der Waals surface area contributed by atoms with E-state index in [1.165, 1.54) is 24.3 Å². The number of nitrogens with one attached hydrogen (secondary N) is 1. The molecule has 3 rings (SSSR count). The summed E-state index contributed by atoms with van der Waals surface area (Å²) in [5, 5.41) is 6.94. The minimum Gasteiger partial charge on any atom is -0.316 e. The fraction of sp³-hybridized carbons (Fsp3) is 0.471. The summed E-state index contributed by atoms with van der Waals surface area (Å²) in [6.45, 7) is 2.07. The molecule has 1 aliphatic rings. The van der Waals surface area contributed by atoms with E-state index in [2.05, 4.69) is 53.9 Å². The average molecular weight is 286 g/mol. The Bertz CT molecular complexity index is 576. The van der Waals surface area contributed by atoms with Gasteiger partial charge >= 0.3 is 0 Å². The van der Waals surface area contributed by atoms with E-state index in [4.69, 9.17) is 0 Å². The monoisotopic (exact) mass is 286 g/mol. The van der Waals surface area contributed by atoms with Gasteiger partial charge in [-0.25, -0.2) is 4.98 Å². The summed E-state index contributed by atoms with van der Waals surface area (Å²) in [5.74, 6) is 0.721. The quantitative estimate of drug-likeness (QED) is 0.932. The van der Waals surface area contributed by atoms with Crippen molar-refractivity contribution in [3.05, 3.63) is 51.5 Å². The predicted molar refractivity (Wildman–Crippen MR) is 85.4 cm³/mol. The first-order valence-corrected chi connectivity index (χ1v) is 8.29. The summed E-state index contributed by atoms with van der Waals surface area (Å²) < 4.78 is 0. The van der Waals surface area contributed by atoms with Crippen LogP contribution in [0.25, 0.3) is 0 Å². The van der Waals surface area contributed by atoms with Gasteiger partial charge in [-0.3, -0.25) is 0 Å². The number of thiazole rings is 1. The molecule has 2 unspecified atom stereocenters. The Morgan fingerprint density at radius 2 is 2.15 bits per heavy atom. The molecule has 0 fully saturated rings.